The molecule has 1 amide bonds. The van der Waals surface area contributed by atoms with E-state index in [2.05, 4.69) is 17.3 Å². The fourth-order valence-corrected chi connectivity index (χ4v) is 2.44. The van der Waals surface area contributed by atoms with Crippen LogP contribution >= 0.6 is 0 Å². The average molecular weight is 277 g/mol. The molecule has 6 heteroatoms. The highest BCUT2D eigenvalue weighted by molar-refractivity contribution is 5.91. The molecule has 1 fully saturated rings. The molecule has 0 unspecified atom stereocenters. The van der Waals surface area contributed by atoms with Gasteiger partial charge in [-0.25, -0.2) is 0 Å². The highest BCUT2D eigenvalue weighted by Crippen LogP contribution is 2.21. The van der Waals surface area contributed by atoms with Gasteiger partial charge in [0.05, 0.1) is 4.92 Å². The monoisotopic (exact) mass is 277 g/mol. The number of hydrogen-bond donors (Lipinski definition) is 1. The van der Waals surface area contributed by atoms with Crippen molar-refractivity contribution in [2.45, 2.75) is 19.3 Å². The molecule has 1 aliphatic heterocycles. The van der Waals surface area contributed by atoms with Gasteiger partial charge >= 0.3 is 0 Å². The molecule has 0 bridgehead atoms. The minimum absolute atomic E-state index is 0.0120. The molecule has 1 N–H and O–H groups in total. The van der Waals surface area contributed by atoms with Crippen LogP contribution in [0.5, 0.6) is 0 Å². The second-order valence-corrected chi connectivity index (χ2v) is 5.31. The zero-order valence-corrected chi connectivity index (χ0v) is 11.5. The molecule has 0 saturated carbocycles. The van der Waals surface area contributed by atoms with Crippen molar-refractivity contribution in [2.75, 3.05) is 25.5 Å². The van der Waals surface area contributed by atoms with Crippen molar-refractivity contribution in [3.63, 3.8) is 0 Å². The lowest BCUT2D eigenvalue weighted by atomic mass is 9.93. The summed E-state index contributed by atoms with van der Waals surface area (Å²) < 4.78 is 0. The van der Waals surface area contributed by atoms with E-state index in [0.29, 0.717) is 18.0 Å². The Hall–Kier alpha value is -1.95. The van der Waals surface area contributed by atoms with E-state index in [1.807, 2.05) is 0 Å². The largest absolute Gasteiger partial charge is 0.326 e. The standard InChI is InChI=1S/C14H19N3O3/c1-16-7-5-11(6-8-16)9-14(18)15-12-3-2-4-13(10-12)17(19)20/h2-4,10-11H,5-9H2,1H3,(H,15,18). The van der Waals surface area contributed by atoms with Crippen LogP contribution in [0.2, 0.25) is 0 Å². The molecule has 1 saturated heterocycles. The van der Waals surface area contributed by atoms with Crippen LogP contribution in [0.4, 0.5) is 11.4 Å². The van der Waals surface area contributed by atoms with E-state index in [1.165, 1.54) is 12.1 Å². The lowest BCUT2D eigenvalue weighted by Crippen LogP contribution is -2.31. The van der Waals surface area contributed by atoms with Gasteiger partial charge in [0, 0.05) is 24.2 Å². The summed E-state index contributed by atoms with van der Waals surface area (Å²) in [4.78, 5) is 24.4. The quantitative estimate of drug-likeness (QED) is 0.676. The molecular formula is C14H19N3O3. The summed E-state index contributed by atoms with van der Waals surface area (Å²) in [6.45, 7) is 2.05. The smallest absolute Gasteiger partial charge is 0.271 e. The number of hydrogen-bond acceptors (Lipinski definition) is 4. The van der Waals surface area contributed by atoms with Gasteiger partial charge in [-0.2, -0.15) is 0 Å². The van der Waals surface area contributed by atoms with Crippen molar-refractivity contribution in [3.8, 4) is 0 Å². The van der Waals surface area contributed by atoms with Crippen LogP contribution in [0.1, 0.15) is 19.3 Å². The van der Waals surface area contributed by atoms with Crippen LogP contribution in [0.25, 0.3) is 0 Å². The third kappa shape index (κ3) is 4.03. The van der Waals surface area contributed by atoms with Gasteiger partial charge < -0.3 is 10.2 Å². The van der Waals surface area contributed by atoms with Gasteiger partial charge in [-0.3, -0.25) is 14.9 Å². The number of likely N-dealkylation sites (tertiary alicyclic amines) is 1. The van der Waals surface area contributed by atoms with E-state index < -0.39 is 4.92 Å². The Bertz CT molecular complexity index is 496. The Morgan fingerprint density at radius 2 is 2.15 bits per heavy atom. The number of piperidine rings is 1. The van der Waals surface area contributed by atoms with Crippen molar-refractivity contribution in [2.24, 2.45) is 5.92 Å². The first-order chi connectivity index (χ1) is 9.54. The molecule has 20 heavy (non-hydrogen) atoms. The van der Waals surface area contributed by atoms with Gasteiger partial charge in [-0.05, 0) is 45.0 Å². The van der Waals surface area contributed by atoms with Gasteiger partial charge in [-0.15, -0.1) is 0 Å². The molecule has 108 valence electrons. The third-order valence-corrected chi connectivity index (χ3v) is 3.65. The van der Waals surface area contributed by atoms with Gasteiger partial charge in [-0.1, -0.05) is 6.07 Å². The van der Waals surface area contributed by atoms with E-state index in [-0.39, 0.29) is 11.6 Å². The summed E-state index contributed by atoms with van der Waals surface area (Å²) in [7, 11) is 2.08. The molecule has 0 radical (unpaired) electrons. The maximum Gasteiger partial charge on any atom is 0.271 e. The molecule has 0 aliphatic carbocycles. The summed E-state index contributed by atoms with van der Waals surface area (Å²) in [5.41, 5.74) is 0.471. The number of amides is 1. The van der Waals surface area contributed by atoms with Crippen molar-refractivity contribution >= 4 is 17.3 Å². The summed E-state index contributed by atoms with van der Waals surface area (Å²) in [5.74, 6) is 0.338. The maximum absolute atomic E-state index is 11.9. The van der Waals surface area contributed by atoms with Crippen molar-refractivity contribution < 1.29 is 9.72 Å². The van der Waals surface area contributed by atoms with Crippen LogP contribution in [-0.2, 0) is 4.79 Å². The first kappa shape index (κ1) is 14.5. The van der Waals surface area contributed by atoms with E-state index in [4.69, 9.17) is 0 Å². The van der Waals surface area contributed by atoms with Crippen molar-refractivity contribution in [3.05, 3.63) is 34.4 Å². The number of non-ortho nitro benzene ring substituents is 1. The molecule has 1 heterocycles. The van der Waals surface area contributed by atoms with Crippen LogP contribution in [0.3, 0.4) is 0 Å². The number of rotatable bonds is 4. The summed E-state index contributed by atoms with van der Waals surface area (Å²) in [5, 5.41) is 13.4. The van der Waals surface area contributed by atoms with Gasteiger partial charge in [0.25, 0.3) is 5.69 Å². The van der Waals surface area contributed by atoms with E-state index in [9.17, 15) is 14.9 Å². The predicted octanol–water partition coefficient (Wildman–Crippen LogP) is 2.27. The molecular weight excluding hydrogens is 258 g/mol. The summed E-state index contributed by atoms with van der Waals surface area (Å²) in [6, 6.07) is 6.03. The number of nitro groups is 1. The lowest BCUT2D eigenvalue weighted by molar-refractivity contribution is -0.384. The number of nitro benzene ring substituents is 1. The first-order valence-electron chi connectivity index (χ1n) is 6.77. The topological polar surface area (TPSA) is 75.5 Å². The normalized spacial score (nSPS) is 16.9. The lowest BCUT2D eigenvalue weighted by Gasteiger charge is -2.28. The number of benzene rings is 1. The Labute approximate surface area is 117 Å². The molecule has 2 rings (SSSR count). The van der Waals surface area contributed by atoms with Crippen molar-refractivity contribution in [1.82, 2.24) is 4.90 Å². The minimum atomic E-state index is -0.466. The number of carbonyl (C=O) groups is 1. The number of nitrogens with one attached hydrogen (secondary N) is 1. The molecule has 6 nitrogen and oxygen atoms in total. The molecule has 0 spiro atoms. The highest BCUT2D eigenvalue weighted by Gasteiger charge is 2.19. The maximum atomic E-state index is 11.9. The molecule has 1 aromatic carbocycles. The van der Waals surface area contributed by atoms with Gasteiger partial charge in [0.15, 0.2) is 0 Å². The summed E-state index contributed by atoms with van der Waals surface area (Å²) >= 11 is 0. The first-order valence-corrected chi connectivity index (χ1v) is 6.77. The molecule has 1 aromatic rings. The highest BCUT2D eigenvalue weighted by atomic mass is 16.6. The fourth-order valence-electron chi connectivity index (χ4n) is 2.44. The van der Waals surface area contributed by atoms with Crippen LogP contribution in [-0.4, -0.2) is 35.9 Å². The average Bonchev–Trinajstić information content (AvgIpc) is 2.41. The SMILES string of the molecule is CN1CCC(CC(=O)Nc2cccc([N+](=O)[O-])c2)CC1. The van der Waals surface area contributed by atoms with Gasteiger partial charge in [0.2, 0.25) is 5.91 Å². The predicted molar refractivity (Wildman–Crippen MR) is 76.6 cm³/mol. The van der Waals surface area contributed by atoms with E-state index in [0.717, 1.165) is 25.9 Å². The Morgan fingerprint density at radius 3 is 2.80 bits per heavy atom. The Kier molecular flexibility index (Phi) is 4.68. The Balaban J connectivity index is 1.88. The molecule has 0 atom stereocenters. The minimum Gasteiger partial charge on any atom is -0.326 e. The number of carbonyl (C=O) groups excluding carboxylic acids is 1. The third-order valence-electron chi connectivity index (χ3n) is 3.65. The zero-order valence-electron chi connectivity index (χ0n) is 11.5. The zero-order chi connectivity index (χ0) is 14.5. The van der Waals surface area contributed by atoms with Crippen LogP contribution < -0.4 is 5.32 Å². The van der Waals surface area contributed by atoms with Crippen molar-refractivity contribution in [1.29, 1.82) is 0 Å². The number of anilines is 1. The number of nitrogens with zero attached hydrogens (tertiary/aromatic N) is 2. The summed E-state index contributed by atoms with van der Waals surface area (Å²) in [6.07, 6.45) is 2.54. The second kappa shape index (κ2) is 6.47. The molecule has 1 aliphatic rings. The van der Waals surface area contributed by atoms with E-state index >= 15 is 0 Å². The molecule has 0 aromatic heterocycles. The van der Waals surface area contributed by atoms with Crippen LogP contribution in [0, 0.1) is 16.0 Å². The van der Waals surface area contributed by atoms with Gasteiger partial charge in [0.1, 0.15) is 0 Å². The fraction of sp³-hybridized carbons (Fsp3) is 0.500. The van der Waals surface area contributed by atoms with E-state index in [1.54, 1.807) is 12.1 Å². The second-order valence-electron chi connectivity index (χ2n) is 5.31. The Morgan fingerprint density at radius 1 is 1.45 bits per heavy atom. The van der Waals surface area contributed by atoms with Crippen LogP contribution in [0.15, 0.2) is 24.3 Å².